The number of oxazole rings is 1. The number of rotatable bonds is 6. The zero-order chi connectivity index (χ0) is 15.2. The van der Waals surface area contributed by atoms with Crippen molar-refractivity contribution in [2.24, 2.45) is 0 Å². The second-order valence-electron chi connectivity index (χ2n) is 4.55. The highest BCUT2D eigenvalue weighted by Gasteiger charge is 2.24. The molecule has 0 aromatic carbocycles. The summed E-state index contributed by atoms with van der Waals surface area (Å²) in [7, 11) is 1.76. The fourth-order valence-corrected chi connectivity index (χ4v) is 2.19. The van der Waals surface area contributed by atoms with E-state index >= 15 is 0 Å². The first kappa shape index (κ1) is 15.0. The van der Waals surface area contributed by atoms with Crippen molar-refractivity contribution in [3.63, 3.8) is 0 Å². The SMILES string of the molecule is CCOc1nc(C(=O)N(C)C(CC)c2ccncc2)co1. The molecule has 1 unspecified atom stereocenters. The van der Waals surface area contributed by atoms with Gasteiger partial charge in [0.1, 0.15) is 6.26 Å². The van der Waals surface area contributed by atoms with E-state index in [9.17, 15) is 4.79 Å². The van der Waals surface area contributed by atoms with Gasteiger partial charge in [0.15, 0.2) is 5.69 Å². The Kier molecular flexibility index (Phi) is 4.92. The van der Waals surface area contributed by atoms with E-state index in [0.717, 1.165) is 12.0 Å². The molecular formula is C15H19N3O3. The molecule has 6 heteroatoms. The van der Waals surface area contributed by atoms with Crippen LogP contribution in [-0.4, -0.2) is 34.4 Å². The van der Waals surface area contributed by atoms with Gasteiger partial charge in [0.2, 0.25) is 0 Å². The van der Waals surface area contributed by atoms with E-state index in [4.69, 9.17) is 9.15 Å². The molecule has 2 heterocycles. The van der Waals surface area contributed by atoms with Gasteiger partial charge in [0, 0.05) is 19.4 Å². The molecule has 0 spiro atoms. The highest BCUT2D eigenvalue weighted by atomic mass is 16.6. The van der Waals surface area contributed by atoms with Crippen LogP contribution in [0.25, 0.3) is 0 Å². The molecular weight excluding hydrogens is 270 g/mol. The van der Waals surface area contributed by atoms with Crippen LogP contribution in [0.1, 0.15) is 42.4 Å². The Morgan fingerprint density at radius 1 is 1.38 bits per heavy atom. The molecule has 1 atom stereocenters. The lowest BCUT2D eigenvalue weighted by atomic mass is 10.0. The van der Waals surface area contributed by atoms with Crippen LogP contribution >= 0.6 is 0 Å². The highest BCUT2D eigenvalue weighted by molar-refractivity contribution is 5.92. The summed E-state index contributed by atoms with van der Waals surface area (Å²) in [5, 5.41) is 0. The largest absolute Gasteiger partial charge is 0.450 e. The molecule has 0 radical (unpaired) electrons. The topological polar surface area (TPSA) is 68.5 Å². The first-order valence-corrected chi connectivity index (χ1v) is 6.92. The van der Waals surface area contributed by atoms with Gasteiger partial charge in [0.05, 0.1) is 12.6 Å². The highest BCUT2D eigenvalue weighted by Crippen LogP contribution is 2.24. The molecule has 0 N–H and O–H groups in total. The molecule has 1 amide bonds. The summed E-state index contributed by atoms with van der Waals surface area (Å²) in [4.78, 5) is 22.2. The lowest BCUT2D eigenvalue weighted by molar-refractivity contribution is 0.0719. The maximum absolute atomic E-state index is 12.5. The molecule has 6 nitrogen and oxygen atoms in total. The van der Waals surface area contributed by atoms with E-state index in [1.165, 1.54) is 6.26 Å². The van der Waals surface area contributed by atoms with Crippen LogP contribution in [-0.2, 0) is 0 Å². The second kappa shape index (κ2) is 6.88. The minimum absolute atomic E-state index is 0.0345. The summed E-state index contributed by atoms with van der Waals surface area (Å²) in [6.07, 6.45) is 5.68. The van der Waals surface area contributed by atoms with Crippen LogP contribution in [0.4, 0.5) is 0 Å². The fraction of sp³-hybridized carbons (Fsp3) is 0.400. The Balaban J connectivity index is 2.16. The normalized spacial score (nSPS) is 12.0. The Morgan fingerprint density at radius 2 is 2.10 bits per heavy atom. The summed E-state index contributed by atoms with van der Waals surface area (Å²) < 4.78 is 10.2. The summed E-state index contributed by atoms with van der Waals surface area (Å²) in [5.41, 5.74) is 1.28. The van der Waals surface area contributed by atoms with E-state index in [1.54, 1.807) is 24.3 Å². The van der Waals surface area contributed by atoms with Gasteiger partial charge >= 0.3 is 6.08 Å². The molecule has 112 valence electrons. The maximum Gasteiger partial charge on any atom is 0.394 e. The summed E-state index contributed by atoms with van der Waals surface area (Å²) >= 11 is 0. The predicted octanol–water partition coefficient (Wildman–Crippen LogP) is 2.69. The van der Waals surface area contributed by atoms with Gasteiger partial charge in [-0.05, 0) is 31.0 Å². The fourth-order valence-electron chi connectivity index (χ4n) is 2.19. The van der Waals surface area contributed by atoms with E-state index in [1.807, 2.05) is 26.0 Å². The molecule has 0 aliphatic heterocycles. The van der Waals surface area contributed by atoms with Gasteiger partial charge < -0.3 is 14.1 Å². The average Bonchev–Trinajstić information content (AvgIpc) is 2.97. The number of aromatic nitrogens is 2. The molecule has 0 saturated heterocycles. The van der Waals surface area contributed by atoms with Crippen molar-refractivity contribution in [3.8, 4) is 6.08 Å². The molecule has 0 aliphatic carbocycles. The average molecular weight is 289 g/mol. The lowest BCUT2D eigenvalue weighted by Crippen LogP contribution is -2.31. The third kappa shape index (κ3) is 3.39. The Bertz CT molecular complexity index is 583. The van der Waals surface area contributed by atoms with Crippen molar-refractivity contribution in [3.05, 3.63) is 42.0 Å². The van der Waals surface area contributed by atoms with E-state index in [2.05, 4.69) is 9.97 Å². The Labute approximate surface area is 123 Å². The standard InChI is InChI=1S/C15H19N3O3/c1-4-13(11-6-8-16-9-7-11)18(3)14(19)12-10-21-15(17-12)20-5-2/h6-10,13H,4-5H2,1-3H3. The van der Waals surface area contributed by atoms with Gasteiger partial charge in [-0.2, -0.15) is 4.98 Å². The van der Waals surface area contributed by atoms with Crippen LogP contribution in [0.5, 0.6) is 6.08 Å². The molecule has 0 bridgehead atoms. The number of pyridine rings is 1. The minimum Gasteiger partial charge on any atom is -0.450 e. The molecule has 2 aromatic rings. The zero-order valence-corrected chi connectivity index (χ0v) is 12.4. The van der Waals surface area contributed by atoms with Crippen LogP contribution in [0, 0.1) is 0 Å². The summed E-state index contributed by atoms with van der Waals surface area (Å²) in [5.74, 6) is -0.201. The van der Waals surface area contributed by atoms with Crippen LogP contribution in [0.2, 0.25) is 0 Å². The number of carbonyl (C=O) groups excluding carboxylic acids is 1. The summed E-state index contributed by atoms with van der Waals surface area (Å²) in [6, 6.07) is 3.78. The van der Waals surface area contributed by atoms with Crippen LogP contribution in [0.15, 0.2) is 35.2 Å². The van der Waals surface area contributed by atoms with E-state index in [-0.39, 0.29) is 23.7 Å². The van der Waals surface area contributed by atoms with E-state index < -0.39 is 0 Å². The zero-order valence-electron chi connectivity index (χ0n) is 12.4. The first-order chi connectivity index (χ1) is 10.2. The molecule has 0 aliphatic rings. The smallest absolute Gasteiger partial charge is 0.394 e. The molecule has 21 heavy (non-hydrogen) atoms. The predicted molar refractivity (Wildman–Crippen MR) is 77.0 cm³/mol. The Hall–Kier alpha value is -2.37. The molecule has 2 rings (SSSR count). The van der Waals surface area contributed by atoms with Crippen molar-refractivity contribution >= 4 is 5.91 Å². The van der Waals surface area contributed by atoms with Gasteiger partial charge in [0.25, 0.3) is 5.91 Å². The van der Waals surface area contributed by atoms with Crippen molar-refractivity contribution < 1.29 is 13.9 Å². The lowest BCUT2D eigenvalue weighted by Gasteiger charge is -2.26. The van der Waals surface area contributed by atoms with Gasteiger partial charge in [-0.3, -0.25) is 9.78 Å². The number of ether oxygens (including phenoxy) is 1. The monoisotopic (exact) mass is 289 g/mol. The number of nitrogens with zero attached hydrogens (tertiary/aromatic N) is 3. The second-order valence-corrected chi connectivity index (χ2v) is 4.55. The van der Waals surface area contributed by atoms with Crippen LogP contribution in [0.3, 0.4) is 0 Å². The van der Waals surface area contributed by atoms with Crippen molar-refractivity contribution in [2.75, 3.05) is 13.7 Å². The van der Waals surface area contributed by atoms with Crippen LogP contribution < -0.4 is 4.74 Å². The quantitative estimate of drug-likeness (QED) is 0.817. The minimum atomic E-state index is -0.201. The van der Waals surface area contributed by atoms with Gasteiger partial charge in [-0.25, -0.2) is 0 Å². The number of hydrogen-bond acceptors (Lipinski definition) is 5. The molecule has 0 saturated carbocycles. The molecule has 2 aromatic heterocycles. The number of amides is 1. The first-order valence-electron chi connectivity index (χ1n) is 6.92. The van der Waals surface area contributed by atoms with E-state index in [0.29, 0.717) is 6.61 Å². The third-order valence-corrected chi connectivity index (χ3v) is 3.24. The number of hydrogen-bond donors (Lipinski definition) is 0. The maximum atomic E-state index is 12.5. The number of carbonyl (C=O) groups is 1. The molecule has 0 fully saturated rings. The van der Waals surface area contributed by atoms with Gasteiger partial charge in [-0.1, -0.05) is 6.92 Å². The van der Waals surface area contributed by atoms with Crippen molar-refractivity contribution in [1.29, 1.82) is 0 Å². The van der Waals surface area contributed by atoms with Crippen molar-refractivity contribution in [2.45, 2.75) is 26.3 Å². The van der Waals surface area contributed by atoms with Crippen molar-refractivity contribution in [1.82, 2.24) is 14.9 Å². The Morgan fingerprint density at radius 3 is 2.71 bits per heavy atom. The summed E-state index contributed by atoms with van der Waals surface area (Å²) in [6.45, 7) is 4.30. The van der Waals surface area contributed by atoms with Gasteiger partial charge in [-0.15, -0.1) is 0 Å². The third-order valence-electron chi connectivity index (χ3n) is 3.24.